The average Bonchev–Trinajstić information content (AvgIpc) is 4.14. The van der Waals surface area contributed by atoms with E-state index < -0.39 is 98.7 Å². The second-order valence-corrected chi connectivity index (χ2v) is 20.7. The number of ether oxygens (including phenoxy) is 2. The molecular weight excluding hydrogens is 1020 g/mol. The Morgan fingerprint density at radius 2 is 1.67 bits per heavy atom. The summed E-state index contributed by atoms with van der Waals surface area (Å²) in [6, 6.07) is 8.95. The molecule has 0 bridgehead atoms. The number of aromatic nitrogens is 5. The van der Waals surface area contributed by atoms with Crippen LogP contribution in [0.3, 0.4) is 0 Å². The molecule has 76 heavy (non-hydrogen) atoms. The van der Waals surface area contributed by atoms with Gasteiger partial charge in [0, 0.05) is 55.1 Å². The zero-order valence-electron chi connectivity index (χ0n) is 42.2. The Hall–Kier alpha value is -7.71. The molecule has 7 N–H and O–H groups in total. The van der Waals surface area contributed by atoms with Crippen molar-refractivity contribution in [3.63, 3.8) is 0 Å². The minimum atomic E-state index is -5.09. The number of aryl methyl sites for hydroxylation is 1. The number of likely N-dealkylation sites (N-methyl/N-ethyl adjacent to an activating group) is 1. The van der Waals surface area contributed by atoms with Crippen LogP contribution < -0.4 is 36.5 Å². The van der Waals surface area contributed by atoms with E-state index in [1.54, 1.807) is 75.7 Å². The van der Waals surface area contributed by atoms with Crippen LogP contribution in [-0.2, 0) is 54.0 Å². The number of fused-ring (bicyclic) bond motifs is 1. The number of nitrogens with two attached hydrogens (primary N) is 1. The van der Waals surface area contributed by atoms with Gasteiger partial charge in [-0.05, 0) is 67.8 Å². The highest BCUT2D eigenvalue weighted by Crippen LogP contribution is 2.40. The normalized spacial score (nSPS) is 15.7. The smallest absolute Gasteiger partial charge is 0.355 e. The highest BCUT2D eigenvalue weighted by atomic mass is 32.2. The molecule has 0 spiro atoms. The predicted molar refractivity (Wildman–Crippen MR) is 271 cm³/mol. The number of anilines is 3. The van der Waals surface area contributed by atoms with Gasteiger partial charge < -0.3 is 41.4 Å². The minimum absolute atomic E-state index is 0.00405. The monoisotopic (exact) mass is 1080 g/mol. The Bertz CT molecular complexity index is 3200. The molecule has 406 valence electrons. The maximum absolute atomic E-state index is 14.6. The van der Waals surface area contributed by atoms with Crippen molar-refractivity contribution < 1.29 is 59.0 Å². The number of sulfonamides is 1. The van der Waals surface area contributed by atoms with E-state index in [2.05, 4.69) is 31.3 Å². The number of amides is 4. The SMILES string of the molecule is CN[C@@H](C)C(=O)N[C@H](C(=O)N1CC(NC(=O)COCCn2cc(-c3cnc(N)c4c(-c5ccc(NS(=O)(=O)C(F)F)c(OCCc6ccc(F)cc6)c5)nn(C)c34)cn2)C[C@H]1C(=O)Nc1c(F)cccc1F)C(C)(C)C. The van der Waals surface area contributed by atoms with Crippen LogP contribution in [0, 0.1) is 22.9 Å². The molecule has 4 heterocycles. The summed E-state index contributed by atoms with van der Waals surface area (Å²) in [5.74, 6) is -8.84. The number of nitrogens with one attached hydrogen (secondary N) is 5. The molecule has 4 amide bonds. The summed E-state index contributed by atoms with van der Waals surface area (Å²) in [4.78, 5) is 59.8. The number of hydrogen-bond acceptors (Lipinski definition) is 13. The summed E-state index contributed by atoms with van der Waals surface area (Å²) < 4.78 is 111. The van der Waals surface area contributed by atoms with Crippen molar-refractivity contribution >= 4 is 61.7 Å². The lowest BCUT2D eigenvalue weighted by Crippen LogP contribution is -2.59. The number of halogens is 5. The molecule has 0 radical (unpaired) electrons. The lowest BCUT2D eigenvalue weighted by Gasteiger charge is -2.36. The van der Waals surface area contributed by atoms with E-state index in [4.69, 9.17) is 20.3 Å². The number of likely N-dealkylation sites (tertiary alicyclic amines) is 1. The highest BCUT2D eigenvalue weighted by molar-refractivity contribution is 7.93. The van der Waals surface area contributed by atoms with Gasteiger partial charge in [-0.15, -0.1) is 0 Å². The van der Waals surface area contributed by atoms with Gasteiger partial charge in [0.15, 0.2) is 0 Å². The summed E-state index contributed by atoms with van der Waals surface area (Å²) in [6.45, 7) is 6.32. The van der Waals surface area contributed by atoms with Crippen molar-refractivity contribution in [3.05, 3.63) is 102 Å². The van der Waals surface area contributed by atoms with Crippen LogP contribution in [0.4, 0.5) is 39.1 Å². The van der Waals surface area contributed by atoms with Crippen LogP contribution in [0.1, 0.15) is 39.7 Å². The van der Waals surface area contributed by atoms with Gasteiger partial charge in [0.1, 0.15) is 59.1 Å². The Morgan fingerprint density at radius 1 is 0.961 bits per heavy atom. The van der Waals surface area contributed by atoms with Crippen molar-refractivity contribution in [1.29, 1.82) is 0 Å². The lowest BCUT2D eigenvalue weighted by atomic mass is 9.85. The molecule has 3 aromatic heterocycles. The van der Waals surface area contributed by atoms with Gasteiger partial charge in [0.25, 0.3) is 10.0 Å². The highest BCUT2D eigenvalue weighted by Gasteiger charge is 2.46. The molecule has 6 aromatic rings. The Morgan fingerprint density at radius 3 is 2.34 bits per heavy atom. The number of alkyl halides is 2. The zero-order chi connectivity index (χ0) is 55.2. The lowest BCUT2D eigenvalue weighted by molar-refractivity contribution is -0.143. The second-order valence-electron chi connectivity index (χ2n) is 19.1. The molecule has 1 aliphatic rings. The fraction of sp³-hybridized carbons (Fsp3) is 0.380. The first-order chi connectivity index (χ1) is 35.9. The molecule has 7 rings (SSSR count). The summed E-state index contributed by atoms with van der Waals surface area (Å²) in [5, 5.41) is 20.1. The quantitative estimate of drug-likeness (QED) is 0.0412. The summed E-state index contributed by atoms with van der Waals surface area (Å²) in [5.41, 5.74) is 7.71. The molecule has 20 nitrogen and oxygen atoms in total. The van der Waals surface area contributed by atoms with Crippen LogP contribution in [0.25, 0.3) is 33.3 Å². The zero-order valence-corrected chi connectivity index (χ0v) is 43.0. The molecule has 26 heteroatoms. The van der Waals surface area contributed by atoms with E-state index in [-0.39, 0.29) is 56.4 Å². The summed E-state index contributed by atoms with van der Waals surface area (Å²) in [7, 11) is -1.84. The number of rotatable bonds is 21. The Kier molecular flexibility index (Phi) is 17.3. The number of carbonyl (C=O) groups excluding carboxylic acids is 4. The first kappa shape index (κ1) is 56.0. The molecule has 1 aliphatic heterocycles. The molecule has 0 saturated carbocycles. The molecule has 0 aliphatic carbocycles. The van der Waals surface area contributed by atoms with E-state index in [0.717, 1.165) is 18.2 Å². The standard InChI is InChI=1S/C50H57F5N12O8S/c1-27(57-5)46(69)62-44(50(2,3)4)48(71)67-25-32(21-37(67)47(70)61-42-34(52)8-7-9-35(42)53)60-39(68)26-74-19-17-66-24-30(22-59-66)33-23-58-45(56)40-41(63-65(6)43(33)40)29-12-15-36(64-76(72,73)49(54)55)38(20-29)75-18-16-28-10-13-31(51)14-11-28/h7-15,20,22-24,27,32,37,44,49,57,64H,16-19,21,25-26H2,1-6H3,(H2,56,58)(H,60,68)(H,61,70)(H,62,69)/t27-,32?,37-,44+/m0/s1. The molecular formula is C50H57F5N12O8S. The Labute approximate surface area is 433 Å². The molecule has 1 saturated heterocycles. The summed E-state index contributed by atoms with van der Waals surface area (Å²) >= 11 is 0. The topological polar surface area (TPSA) is 259 Å². The van der Waals surface area contributed by atoms with Gasteiger partial charge in [0.05, 0.1) is 48.6 Å². The van der Waals surface area contributed by atoms with Crippen molar-refractivity contribution in [3.8, 4) is 28.1 Å². The minimum Gasteiger partial charge on any atom is -0.491 e. The van der Waals surface area contributed by atoms with Crippen LogP contribution in [0.5, 0.6) is 5.75 Å². The third-order valence-electron chi connectivity index (χ3n) is 12.5. The van der Waals surface area contributed by atoms with Crippen LogP contribution in [0.15, 0.2) is 79.3 Å². The third-order valence-corrected chi connectivity index (χ3v) is 13.5. The third kappa shape index (κ3) is 13.0. The molecule has 3 aromatic carbocycles. The van der Waals surface area contributed by atoms with E-state index in [1.807, 2.05) is 4.72 Å². The first-order valence-electron chi connectivity index (χ1n) is 23.8. The number of carbonyl (C=O) groups is 4. The van der Waals surface area contributed by atoms with Crippen LogP contribution in [-0.4, -0.2) is 125 Å². The Balaban J connectivity index is 1.02. The maximum Gasteiger partial charge on any atom is 0.355 e. The van der Waals surface area contributed by atoms with Gasteiger partial charge in [0.2, 0.25) is 23.6 Å². The largest absolute Gasteiger partial charge is 0.491 e. The van der Waals surface area contributed by atoms with Crippen molar-refractivity contribution in [2.45, 2.75) is 77.0 Å². The number of para-hydroxylation sites is 1. The fourth-order valence-electron chi connectivity index (χ4n) is 8.44. The van der Waals surface area contributed by atoms with Crippen LogP contribution in [0.2, 0.25) is 0 Å². The van der Waals surface area contributed by atoms with Gasteiger partial charge in [-0.25, -0.2) is 26.6 Å². The van der Waals surface area contributed by atoms with Crippen molar-refractivity contribution in [2.24, 2.45) is 12.5 Å². The number of benzene rings is 3. The molecule has 1 fully saturated rings. The predicted octanol–water partition coefficient (Wildman–Crippen LogP) is 4.96. The van der Waals surface area contributed by atoms with E-state index >= 15 is 0 Å². The van der Waals surface area contributed by atoms with E-state index in [1.165, 1.54) is 41.4 Å². The number of nitrogen functional groups attached to an aromatic ring is 1. The van der Waals surface area contributed by atoms with Gasteiger partial charge in [-0.1, -0.05) is 45.0 Å². The van der Waals surface area contributed by atoms with Crippen molar-refractivity contribution in [2.75, 3.05) is 49.2 Å². The van der Waals surface area contributed by atoms with E-state index in [0.29, 0.717) is 38.9 Å². The number of hydrogen-bond donors (Lipinski definition) is 6. The second kappa shape index (κ2) is 23.5. The maximum atomic E-state index is 14.6. The number of pyridine rings is 1. The first-order valence-corrected chi connectivity index (χ1v) is 25.4. The fourth-order valence-corrected chi connectivity index (χ4v) is 9.00. The molecule has 4 atom stereocenters. The average molecular weight is 1080 g/mol. The van der Waals surface area contributed by atoms with Gasteiger partial charge in [-0.3, -0.25) is 33.3 Å². The van der Waals surface area contributed by atoms with Gasteiger partial charge >= 0.3 is 5.76 Å². The summed E-state index contributed by atoms with van der Waals surface area (Å²) in [6.07, 6.45) is 4.95. The van der Waals surface area contributed by atoms with Crippen LogP contribution >= 0.6 is 0 Å². The van der Waals surface area contributed by atoms with E-state index in [9.17, 15) is 49.5 Å². The van der Waals surface area contributed by atoms with Gasteiger partial charge in [-0.2, -0.15) is 19.0 Å². The van der Waals surface area contributed by atoms with Crippen molar-refractivity contribution in [1.82, 2.24) is 45.4 Å². The number of nitrogens with zero attached hydrogens (tertiary/aromatic N) is 6. The molecule has 1 unspecified atom stereocenters.